The van der Waals surface area contributed by atoms with E-state index >= 15 is 0 Å². The van der Waals surface area contributed by atoms with Crippen LogP contribution in [0.5, 0.6) is 0 Å². The van der Waals surface area contributed by atoms with Crippen molar-refractivity contribution in [2.24, 2.45) is 0 Å². The van der Waals surface area contributed by atoms with Crippen LogP contribution in [0.4, 0.5) is 0 Å². The molecule has 0 saturated carbocycles. The van der Waals surface area contributed by atoms with Gasteiger partial charge in [-0.25, -0.2) is 0 Å². The van der Waals surface area contributed by atoms with Crippen molar-refractivity contribution >= 4 is 84.1 Å². The van der Waals surface area contributed by atoms with E-state index in [4.69, 9.17) is 0 Å². The third-order valence-corrected chi connectivity index (χ3v) is 5.06. The topological polar surface area (TPSA) is 0 Å². The first kappa shape index (κ1) is 13.1. The monoisotopic (exact) mass is 546 g/mol. The minimum absolute atomic E-state index is 1.13. The molecular formula is C13H9I3. The summed E-state index contributed by atoms with van der Waals surface area (Å²) in [5.41, 5.74) is 2.42. The van der Waals surface area contributed by atoms with Crippen LogP contribution in [0, 0.1) is 10.7 Å². The number of rotatable bonds is 1. The Morgan fingerprint density at radius 2 is 1.81 bits per heavy atom. The fraction of sp³-hybridized carbons (Fsp3) is 0.0769. The zero-order valence-corrected chi connectivity index (χ0v) is 15.1. The molecule has 0 nitrogen and oxygen atoms in total. The van der Waals surface area contributed by atoms with E-state index in [1.54, 1.807) is 0 Å². The highest BCUT2D eigenvalue weighted by molar-refractivity contribution is 14.1. The molecule has 0 spiro atoms. The lowest BCUT2D eigenvalue weighted by atomic mass is 10.0. The fourth-order valence-electron chi connectivity index (χ4n) is 1.69. The highest BCUT2D eigenvalue weighted by Gasteiger charge is 2.10. The van der Waals surface area contributed by atoms with E-state index in [2.05, 4.69) is 106 Å². The summed E-state index contributed by atoms with van der Waals surface area (Å²) in [4.78, 5) is 0. The first-order chi connectivity index (χ1) is 7.50. The highest BCUT2D eigenvalue weighted by Crippen LogP contribution is 2.32. The summed E-state index contributed by atoms with van der Waals surface area (Å²) in [5, 5.41) is 2.63. The summed E-state index contributed by atoms with van der Waals surface area (Å²) in [6.45, 7) is 6.13. The van der Waals surface area contributed by atoms with Gasteiger partial charge in [0.2, 0.25) is 0 Å². The maximum Gasteiger partial charge on any atom is 0.0294 e. The zero-order valence-electron chi connectivity index (χ0n) is 8.65. The van der Waals surface area contributed by atoms with E-state index in [0.717, 1.165) is 5.57 Å². The zero-order chi connectivity index (χ0) is 11.9. The molecule has 3 heteroatoms. The quantitative estimate of drug-likeness (QED) is 0.404. The van der Waals surface area contributed by atoms with E-state index in [1.807, 2.05) is 0 Å². The molecule has 0 bridgehead atoms. The van der Waals surface area contributed by atoms with Gasteiger partial charge in [-0.3, -0.25) is 0 Å². The first-order valence-electron chi connectivity index (χ1n) is 4.74. The van der Waals surface area contributed by atoms with Crippen LogP contribution in [0.2, 0.25) is 0 Å². The van der Waals surface area contributed by atoms with Crippen molar-refractivity contribution in [1.82, 2.24) is 0 Å². The van der Waals surface area contributed by atoms with Gasteiger partial charge in [0.05, 0.1) is 0 Å². The van der Waals surface area contributed by atoms with E-state index in [1.165, 1.54) is 27.0 Å². The molecule has 0 saturated heterocycles. The van der Waals surface area contributed by atoms with E-state index in [0.29, 0.717) is 0 Å². The lowest BCUT2D eigenvalue weighted by Gasteiger charge is -2.11. The third kappa shape index (κ3) is 2.40. The Bertz CT molecular complexity index is 585. The average Bonchev–Trinajstić information content (AvgIpc) is 2.15. The number of fused-ring (bicyclic) bond motifs is 1. The lowest BCUT2D eigenvalue weighted by Crippen LogP contribution is -1.92. The molecule has 0 aliphatic heterocycles. The number of halogens is 3. The Kier molecular flexibility index (Phi) is 4.16. The SMILES string of the molecule is C=C(C)c1c(I)cc2cc(I)ccc2c1I. The number of benzene rings is 2. The van der Waals surface area contributed by atoms with Crippen LogP contribution in [0.25, 0.3) is 16.3 Å². The van der Waals surface area contributed by atoms with Crippen LogP contribution in [0.3, 0.4) is 0 Å². The second kappa shape index (κ2) is 5.09. The van der Waals surface area contributed by atoms with Crippen LogP contribution in [0.15, 0.2) is 30.8 Å². The fourth-order valence-corrected chi connectivity index (χ4v) is 5.03. The predicted molar refractivity (Wildman–Crippen MR) is 96.8 cm³/mol. The standard InChI is InChI=1S/C13H9I3/c1-7(2)12-11(15)6-8-5-9(14)3-4-10(8)13(12)16/h3-6H,1H2,2H3. The molecule has 2 rings (SSSR count). The smallest absolute Gasteiger partial charge is 0.0294 e. The van der Waals surface area contributed by atoms with Crippen molar-refractivity contribution in [1.29, 1.82) is 0 Å². The van der Waals surface area contributed by atoms with Gasteiger partial charge in [0, 0.05) is 16.3 Å². The highest BCUT2D eigenvalue weighted by atomic mass is 127. The molecule has 82 valence electrons. The molecule has 0 amide bonds. The number of hydrogen-bond donors (Lipinski definition) is 0. The van der Waals surface area contributed by atoms with Gasteiger partial charge in [-0.15, -0.1) is 0 Å². The molecule has 0 radical (unpaired) electrons. The third-order valence-electron chi connectivity index (χ3n) is 2.42. The minimum atomic E-state index is 1.13. The summed E-state index contributed by atoms with van der Waals surface area (Å²) in [6.07, 6.45) is 0. The summed E-state index contributed by atoms with van der Waals surface area (Å²) >= 11 is 7.17. The number of allylic oxidation sites excluding steroid dienone is 1. The Hall–Kier alpha value is 0.630. The van der Waals surface area contributed by atoms with Crippen molar-refractivity contribution in [3.05, 3.63) is 47.1 Å². The van der Waals surface area contributed by atoms with Crippen LogP contribution >= 0.6 is 67.8 Å². The van der Waals surface area contributed by atoms with Gasteiger partial charge in [0.15, 0.2) is 0 Å². The second-order valence-electron chi connectivity index (χ2n) is 3.69. The van der Waals surface area contributed by atoms with Crippen molar-refractivity contribution in [2.45, 2.75) is 6.92 Å². The van der Waals surface area contributed by atoms with E-state index in [9.17, 15) is 0 Å². The van der Waals surface area contributed by atoms with Gasteiger partial charge in [0.25, 0.3) is 0 Å². The molecule has 0 atom stereocenters. The van der Waals surface area contributed by atoms with Crippen LogP contribution < -0.4 is 0 Å². The Morgan fingerprint density at radius 1 is 1.12 bits per heavy atom. The molecule has 2 aromatic carbocycles. The molecule has 16 heavy (non-hydrogen) atoms. The number of hydrogen-bond acceptors (Lipinski definition) is 0. The van der Waals surface area contributed by atoms with E-state index in [-0.39, 0.29) is 0 Å². The molecule has 2 aromatic rings. The maximum atomic E-state index is 4.06. The van der Waals surface area contributed by atoms with Crippen molar-refractivity contribution in [2.75, 3.05) is 0 Å². The average molecular weight is 546 g/mol. The van der Waals surface area contributed by atoms with E-state index < -0.39 is 0 Å². The van der Waals surface area contributed by atoms with Gasteiger partial charge < -0.3 is 0 Å². The van der Waals surface area contributed by atoms with Crippen LogP contribution in [-0.2, 0) is 0 Å². The van der Waals surface area contributed by atoms with Gasteiger partial charge >= 0.3 is 0 Å². The largest absolute Gasteiger partial charge is 0.0954 e. The summed E-state index contributed by atoms with van der Waals surface area (Å²) in [5.74, 6) is 0. The first-order valence-corrected chi connectivity index (χ1v) is 7.97. The molecular weight excluding hydrogens is 537 g/mol. The van der Waals surface area contributed by atoms with Gasteiger partial charge in [-0.05, 0) is 109 Å². The van der Waals surface area contributed by atoms with Gasteiger partial charge in [-0.1, -0.05) is 12.6 Å². The molecule has 0 aromatic heterocycles. The lowest BCUT2D eigenvalue weighted by molar-refractivity contribution is 1.53. The maximum absolute atomic E-state index is 4.06. The van der Waals surface area contributed by atoms with Crippen molar-refractivity contribution in [3.63, 3.8) is 0 Å². The summed E-state index contributed by atoms with van der Waals surface area (Å²) < 4.78 is 3.87. The minimum Gasteiger partial charge on any atom is -0.0954 e. The molecule has 0 aliphatic carbocycles. The molecule has 0 N–H and O–H groups in total. The normalized spacial score (nSPS) is 10.8. The van der Waals surface area contributed by atoms with Crippen LogP contribution in [-0.4, -0.2) is 0 Å². The molecule has 0 fully saturated rings. The van der Waals surface area contributed by atoms with Crippen LogP contribution in [0.1, 0.15) is 12.5 Å². The Labute approximate surface area is 136 Å². The predicted octanol–water partition coefficient (Wildman–Crippen LogP) is 5.69. The molecule has 0 heterocycles. The van der Waals surface area contributed by atoms with Gasteiger partial charge in [-0.2, -0.15) is 0 Å². The molecule has 0 aliphatic rings. The summed E-state index contributed by atoms with van der Waals surface area (Å²) in [7, 11) is 0. The van der Waals surface area contributed by atoms with Crippen molar-refractivity contribution < 1.29 is 0 Å². The summed E-state index contributed by atoms with van der Waals surface area (Å²) in [6, 6.07) is 8.81. The Balaban J connectivity index is 2.89. The van der Waals surface area contributed by atoms with Crippen molar-refractivity contribution in [3.8, 4) is 0 Å². The molecule has 0 unspecified atom stereocenters. The second-order valence-corrected chi connectivity index (χ2v) is 7.18. The van der Waals surface area contributed by atoms with Gasteiger partial charge in [0.1, 0.15) is 0 Å². The Morgan fingerprint density at radius 3 is 2.44 bits per heavy atom.